The Morgan fingerprint density at radius 2 is 2.29 bits per heavy atom. The molecule has 0 bridgehead atoms. The lowest BCUT2D eigenvalue weighted by molar-refractivity contribution is 0.275. The van der Waals surface area contributed by atoms with Gasteiger partial charge in [-0.1, -0.05) is 11.8 Å². The van der Waals surface area contributed by atoms with Crippen LogP contribution in [0.2, 0.25) is 0 Å². The van der Waals surface area contributed by atoms with Gasteiger partial charge in [0.1, 0.15) is 5.82 Å². The smallest absolute Gasteiger partial charge is 0.128 e. The minimum atomic E-state index is -0.397. The SMILES string of the molecule is CNCC#Cc1ccc(F)c(CO)c1. The van der Waals surface area contributed by atoms with Crippen molar-refractivity contribution in [1.82, 2.24) is 5.32 Å². The van der Waals surface area contributed by atoms with Gasteiger partial charge in [0.2, 0.25) is 0 Å². The minimum absolute atomic E-state index is 0.279. The van der Waals surface area contributed by atoms with Gasteiger partial charge < -0.3 is 10.4 Å². The van der Waals surface area contributed by atoms with Crippen LogP contribution in [-0.2, 0) is 6.61 Å². The van der Waals surface area contributed by atoms with Crippen LogP contribution < -0.4 is 5.32 Å². The van der Waals surface area contributed by atoms with E-state index < -0.39 is 5.82 Å². The molecule has 1 aromatic rings. The lowest BCUT2D eigenvalue weighted by Crippen LogP contribution is -2.04. The molecule has 0 heterocycles. The molecule has 1 rings (SSSR count). The summed E-state index contributed by atoms with van der Waals surface area (Å²) in [5.41, 5.74) is 0.993. The van der Waals surface area contributed by atoms with Crippen LogP contribution in [0.15, 0.2) is 18.2 Å². The molecule has 74 valence electrons. The second-order valence-electron chi connectivity index (χ2n) is 2.80. The molecule has 2 nitrogen and oxygen atoms in total. The highest BCUT2D eigenvalue weighted by Gasteiger charge is 1.99. The monoisotopic (exact) mass is 193 g/mol. The summed E-state index contributed by atoms with van der Waals surface area (Å²) in [7, 11) is 1.80. The highest BCUT2D eigenvalue weighted by atomic mass is 19.1. The number of hydrogen-bond acceptors (Lipinski definition) is 2. The summed E-state index contributed by atoms with van der Waals surface area (Å²) >= 11 is 0. The predicted octanol–water partition coefficient (Wildman–Crippen LogP) is 0.889. The van der Waals surface area contributed by atoms with Gasteiger partial charge in [0.05, 0.1) is 13.2 Å². The number of halogens is 1. The minimum Gasteiger partial charge on any atom is -0.392 e. The van der Waals surface area contributed by atoms with Gasteiger partial charge in [-0.15, -0.1) is 0 Å². The molecule has 0 radical (unpaired) electrons. The van der Waals surface area contributed by atoms with Crippen LogP contribution in [0.25, 0.3) is 0 Å². The van der Waals surface area contributed by atoms with Crippen LogP contribution in [0.5, 0.6) is 0 Å². The first kappa shape index (κ1) is 10.7. The van der Waals surface area contributed by atoms with Crippen molar-refractivity contribution in [3.05, 3.63) is 35.1 Å². The molecule has 0 saturated heterocycles. The normalized spacial score (nSPS) is 9.36. The highest BCUT2D eigenvalue weighted by Crippen LogP contribution is 2.09. The second-order valence-corrected chi connectivity index (χ2v) is 2.80. The molecule has 2 N–H and O–H groups in total. The quantitative estimate of drug-likeness (QED) is 0.684. The number of rotatable bonds is 2. The fourth-order valence-corrected chi connectivity index (χ4v) is 1.01. The molecule has 3 heteroatoms. The Kier molecular flexibility index (Phi) is 4.11. The van der Waals surface area contributed by atoms with Crippen molar-refractivity contribution >= 4 is 0 Å². The third-order valence-electron chi connectivity index (χ3n) is 1.71. The van der Waals surface area contributed by atoms with Crippen LogP contribution in [0.3, 0.4) is 0 Å². The molecule has 0 aliphatic rings. The van der Waals surface area contributed by atoms with Gasteiger partial charge in [0.25, 0.3) is 0 Å². The van der Waals surface area contributed by atoms with Gasteiger partial charge in [-0.3, -0.25) is 0 Å². The molecular formula is C11H12FNO. The van der Waals surface area contributed by atoms with Crippen molar-refractivity contribution in [2.45, 2.75) is 6.61 Å². The van der Waals surface area contributed by atoms with E-state index in [0.717, 1.165) is 0 Å². The molecule has 0 fully saturated rings. The average molecular weight is 193 g/mol. The molecule has 0 saturated carbocycles. The van der Waals surface area contributed by atoms with E-state index in [1.165, 1.54) is 6.07 Å². The van der Waals surface area contributed by atoms with Crippen LogP contribution in [-0.4, -0.2) is 18.7 Å². The van der Waals surface area contributed by atoms with E-state index in [2.05, 4.69) is 17.2 Å². The summed E-state index contributed by atoms with van der Waals surface area (Å²) in [4.78, 5) is 0. The zero-order valence-corrected chi connectivity index (χ0v) is 7.97. The van der Waals surface area contributed by atoms with Crippen molar-refractivity contribution in [3.63, 3.8) is 0 Å². The van der Waals surface area contributed by atoms with Gasteiger partial charge in [-0.05, 0) is 25.2 Å². The summed E-state index contributed by atoms with van der Waals surface area (Å²) in [5.74, 6) is 5.32. The first-order valence-electron chi connectivity index (χ1n) is 4.30. The summed E-state index contributed by atoms with van der Waals surface area (Å²) < 4.78 is 12.9. The number of aliphatic hydroxyl groups excluding tert-OH is 1. The van der Waals surface area contributed by atoms with Crippen LogP contribution in [0.4, 0.5) is 4.39 Å². The molecule has 0 aromatic heterocycles. The second kappa shape index (κ2) is 5.38. The number of hydrogen-bond donors (Lipinski definition) is 2. The van der Waals surface area contributed by atoms with Crippen molar-refractivity contribution < 1.29 is 9.50 Å². The van der Waals surface area contributed by atoms with Gasteiger partial charge in [0.15, 0.2) is 0 Å². The average Bonchev–Trinajstić information content (AvgIpc) is 2.21. The molecule has 0 spiro atoms. The summed E-state index contributed by atoms with van der Waals surface area (Å²) in [6.07, 6.45) is 0. The zero-order valence-electron chi connectivity index (χ0n) is 7.97. The molecule has 0 atom stereocenters. The van der Waals surface area contributed by atoms with E-state index in [0.29, 0.717) is 12.1 Å². The third kappa shape index (κ3) is 2.84. The Morgan fingerprint density at radius 1 is 1.50 bits per heavy atom. The summed E-state index contributed by atoms with van der Waals surface area (Å²) in [6, 6.07) is 4.46. The van der Waals surface area contributed by atoms with E-state index in [-0.39, 0.29) is 12.2 Å². The number of aliphatic hydroxyl groups is 1. The van der Waals surface area contributed by atoms with Gasteiger partial charge in [-0.2, -0.15) is 0 Å². The molecular weight excluding hydrogens is 181 g/mol. The fraction of sp³-hybridized carbons (Fsp3) is 0.273. The van der Waals surface area contributed by atoms with E-state index in [4.69, 9.17) is 5.11 Å². The maximum Gasteiger partial charge on any atom is 0.128 e. The van der Waals surface area contributed by atoms with Crippen molar-refractivity contribution in [3.8, 4) is 11.8 Å². The summed E-state index contributed by atoms with van der Waals surface area (Å²) in [6.45, 7) is 0.291. The summed E-state index contributed by atoms with van der Waals surface area (Å²) in [5, 5.41) is 11.7. The van der Waals surface area contributed by atoms with E-state index in [9.17, 15) is 4.39 Å². The Morgan fingerprint density at radius 3 is 2.93 bits per heavy atom. The topological polar surface area (TPSA) is 32.3 Å². The van der Waals surface area contributed by atoms with Gasteiger partial charge in [-0.25, -0.2) is 4.39 Å². The van der Waals surface area contributed by atoms with Crippen LogP contribution >= 0.6 is 0 Å². The third-order valence-corrected chi connectivity index (χ3v) is 1.71. The number of nitrogens with one attached hydrogen (secondary N) is 1. The molecule has 0 aliphatic heterocycles. The van der Waals surface area contributed by atoms with E-state index in [1.54, 1.807) is 19.2 Å². The Bertz CT molecular complexity index is 365. The van der Waals surface area contributed by atoms with E-state index >= 15 is 0 Å². The standard InChI is InChI=1S/C11H12FNO/c1-13-6-2-3-9-4-5-11(12)10(7-9)8-14/h4-5,7,13-14H,6,8H2,1H3. The van der Waals surface area contributed by atoms with Crippen molar-refractivity contribution in [1.29, 1.82) is 0 Å². The van der Waals surface area contributed by atoms with Crippen LogP contribution in [0.1, 0.15) is 11.1 Å². The number of benzene rings is 1. The van der Waals surface area contributed by atoms with Crippen LogP contribution in [0, 0.1) is 17.7 Å². The lowest BCUT2D eigenvalue weighted by atomic mass is 10.1. The predicted molar refractivity (Wildman–Crippen MR) is 53.1 cm³/mol. The van der Waals surface area contributed by atoms with E-state index in [1.807, 2.05) is 0 Å². The lowest BCUT2D eigenvalue weighted by Gasteiger charge is -1.98. The van der Waals surface area contributed by atoms with Gasteiger partial charge >= 0.3 is 0 Å². The Hall–Kier alpha value is -1.37. The molecule has 1 aromatic carbocycles. The Labute approximate surface area is 82.8 Å². The molecule has 0 unspecified atom stereocenters. The molecule has 14 heavy (non-hydrogen) atoms. The largest absolute Gasteiger partial charge is 0.392 e. The fourth-order valence-electron chi connectivity index (χ4n) is 1.01. The first-order valence-corrected chi connectivity index (χ1v) is 4.30. The molecule has 0 aliphatic carbocycles. The maximum absolute atomic E-state index is 12.9. The highest BCUT2D eigenvalue weighted by molar-refractivity contribution is 5.37. The zero-order chi connectivity index (χ0) is 10.4. The molecule has 0 amide bonds. The van der Waals surface area contributed by atoms with Crippen molar-refractivity contribution in [2.24, 2.45) is 0 Å². The first-order chi connectivity index (χ1) is 6.77. The Balaban J connectivity index is 2.86. The van der Waals surface area contributed by atoms with Gasteiger partial charge in [0, 0.05) is 11.1 Å². The van der Waals surface area contributed by atoms with Crippen molar-refractivity contribution in [2.75, 3.05) is 13.6 Å². The maximum atomic E-state index is 12.9.